The van der Waals surface area contributed by atoms with Gasteiger partial charge in [-0.2, -0.15) is 0 Å². The van der Waals surface area contributed by atoms with E-state index in [-0.39, 0.29) is 5.92 Å². The normalized spacial score (nSPS) is 13.5. The van der Waals surface area contributed by atoms with Gasteiger partial charge in [-0.3, -0.25) is 0 Å². The van der Waals surface area contributed by atoms with Crippen molar-refractivity contribution in [3.05, 3.63) is 117 Å². The molecule has 0 nitrogen and oxygen atoms in total. The molecular formula is C24H18Br2Cl2. The minimum atomic E-state index is 0.0794. The number of halogens is 4. The zero-order valence-electron chi connectivity index (χ0n) is 15.2. The topological polar surface area (TPSA) is 0 Å². The first-order chi connectivity index (χ1) is 13.4. The molecule has 0 radical (unpaired) electrons. The summed E-state index contributed by atoms with van der Waals surface area (Å²) in [5.74, 6) is 0.0794. The molecule has 4 heteroatoms. The third kappa shape index (κ3) is 5.84. The van der Waals surface area contributed by atoms with Crippen LogP contribution in [0, 0.1) is 6.92 Å². The third-order valence-corrected chi connectivity index (χ3v) is 6.30. The Kier molecular flexibility index (Phi) is 7.59. The maximum Gasteiger partial charge on any atom is 0.0406 e. The predicted octanol–water partition coefficient (Wildman–Crippen LogP) is 9.26. The van der Waals surface area contributed by atoms with Crippen LogP contribution in [-0.4, -0.2) is 0 Å². The second-order valence-corrected chi connectivity index (χ2v) is 9.06. The Bertz CT molecular complexity index is 925. The summed E-state index contributed by atoms with van der Waals surface area (Å²) in [6, 6.07) is 24.2. The lowest BCUT2D eigenvalue weighted by molar-refractivity contribution is 1.09. The molecule has 0 aliphatic carbocycles. The molecule has 0 spiro atoms. The highest BCUT2D eigenvalue weighted by molar-refractivity contribution is 9.15. The van der Waals surface area contributed by atoms with Crippen LogP contribution in [-0.2, 0) is 0 Å². The minimum absolute atomic E-state index is 0.0794. The summed E-state index contributed by atoms with van der Waals surface area (Å²) in [7, 11) is 0. The summed E-state index contributed by atoms with van der Waals surface area (Å²) in [4.78, 5) is 0. The van der Waals surface area contributed by atoms with E-state index < -0.39 is 0 Å². The van der Waals surface area contributed by atoms with Gasteiger partial charge in [0.2, 0.25) is 0 Å². The summed E-state index contributed by atoms with van der Waals surface area (Å²) in [6.07, 6.45) is 4.40. The van der Waals surface area contributed by atoms with Crippen LogP contribution >= 0.6 is 55.1 Å². The Hall–Kier alpha value is -1.32. The fourth-order valence-electron chi connectivity index (χ4n) is 2.76. The van der Waals surface area contributed by atoms with Crippen LogP contribution in [0.25, 0.3) is 8.96 Å². The largest absolute Gasteiger partial charge is 0.0843 e. The fraction of sp³-hybridized carbons (Fsp3) is 0.0833. The molecule has 0 heterocycles. The van der Waals surface area contributed by atoms with E-state index in [0.29, 0.717) is 0 Å². The summed E-state index contributed by atoms with van der Waals surface area (Å²) < 4.78 is 2.03. The quantitative estimate of drug-likeness (QED) is 0.305. The molecule has 0 bridgehead atoms. The molecule has 28 heavy (non-hydrogen) atoms. The van der Waals surface area contributed by atoms with E-state index in [1.807, 2.05) is 48.5 Å². The summed E-state index contributed by atoms with van der Waals surface area (Å²) in [5.41, 5.74) is 4.61. The van der Waals surface area contributed by atoms with Crippen molar-refractivity contribution < 1.29 is 0 Å². The highest BCUT2D eigenvalue weighted by Gasteiger charge is 2.10. The summed E-state index contributed by atoms with van der Waals surface area (Å²) in [5, 5.41) is 1.45. The van der Waals surface area contributed by atoms with Crippen molar-refractivity contribution in [3.63, 3.8) is 0 Å². The lowest BCUT2D eigenvalue weighted by Gasteiger charge is -2.13. The van der Waals surface area contributed by atoms with Crippen LogP contribution < -0.4 is 0 Å². The molecule has 3 aromatic rings. The molecule has 0 N–H and O–H groups in total. The van der Waals surface area contributed by atoms with Crippen LogP contribution in [0.15, 0.2) is 84.9 Å². The fourth-order valence-corrected chi connectivity index (χ4v) is 4.11. The lowest BCUT2D eigenvalue weighted by Crippen LogP contribution is -1.94. The Balaban J connectivity index is 2.00. The van der Waals surface area contributed by atoms with Gasteiger partial charge < -0.3 is 0 Å². The van der Waals surface area contributed by atoms with Gasteiger partial charge in [0.25, 0.3) is 0 Å². The van der Waals surface area contributed by atoms with Gasteiger partial charge in [0.1, 0.15) is 0 Å². The van der Waals surface area contributed by atoms with E-state index in [2.05, 4.69) is 75.2 Å². The Morgan fingerprint density at radius 2 is 1.07 bits per heavy atom. The highest BCUT2D eigenvalue weighted by Crippen LogP contribution is 2.33. The number of benzene rings is 3. The van der Waals surface area contributed by atoms with Crippen LogP contribution in [0.4, 0.5) is 0 Å². The zero-order chi connectivity index (χ0) is 20.1. The molecule has 1 unspecified atom stereocenters. The molecule has 3 rings (SSSR count). The van der Waals surface area contributed by atoms with Crippen molar-refractivity contribution >= 4 is 64.0 Å². The molecule has 0 saturated heterocycles. The Morgan fingerprint density at radius 1 is 0.679 bits per heavy atom. The summed E-state index contributed by atoms with van der Waals surface area (Å²) in [6.45, 7) is 2.09. The average Bonchev–Trinajstić information content (AvgIpc) is 2.69. The smallest absolute Gasteiger partial charge is 0.0406 e. The molecule has 0 saturated carbocycles. The summed E-state index contributed by atoms with van der Waals surface area (Å²) >= 11 is 19.5. The molecule has 142 valence electrons. The van der Waals surface area contributed by atoms with Crippen molar-refractivity contribution in [2.24, 2.45) is 0 Å². The van der Waals surface area contributed by atoms with Gasteiger partial charge >= 0.3 is 0 Å². The van der Waals surface area contributed by atoms with E-state index in [9.17, 15) is 0 Å². The van der Waals surface area contributed by atoms with Gasteiger partial charge in [0, 0.05) is 24.9 Å². The molecule has 0 fully saturated rings. The maximum atomic E-state index is 6.02. The maximum absolute atomic E-state index is 6.02. The number of hydrogen-bond donors (Lipinski definition) is 0. The monoisotopic (exact) mass is 534 g/mol. The van der Waals surface area contributed by atoms with Crippen molar-refractivity contribution in [2.45, 2.75) is 12.8 Å². The van der Waals surface area contributed by atoms with Gasteiger partial charge in [-0.05, 0) is 47.9 Å². The predicted molar refractivity (Wildman–Crippen MR) is 131 cm³/mol. The van der Waals surface area contributed by atoms with Crippen molar-refractivity contribution in [1.29, 1.82) is 0 Å². The molecule has 0 amide bonds. The van der Waals surface area contributed by atoms with Gasteiger partial charge in [-0.25, -0.2) is 0 Å². The third-order valence-electron chi connectivity index (χ3n) is 4.35. The minimum Gasteiger partial charge on any atom is -0.0843 e. The van der Waals surface area contributed by atoms with Crippen LogP contribution in [0.1, 0.15) is 28.2 Å². The first-order valence-corrected chi connectivity index (χ1v) is 11.1. The zero-order valence-corrected chi connectivity index (χ0v) is 19.9. The van der Waals surface area contributed by atoms with Crippen LogP contribution in [0.2, 0.25) is 10.0 Å². The van der Waals surface area contributed by atoms with E-state index in [1.165, 1.54) is 11.1 Å². The average molecular weight is 537 g/mol. The molecule has 0 aromatic heterocycles. The molecule has 3 aromatic carbocycles. The number of aryl methyl sites for hydroxylation is 1. The van der Waals surface area contributed by atoms with Gasteiger partial charge in [0.05, 0.1) is 0 Å². The molecule has 0 aliphatic heterocycles. The van der Waals surface area contributed by atoms with Crippen molar-refractivity contribution in [2.75, 3.05) is 0 Å². The number of hydrogen-bond acceptors (Lipinski definition) is 0. The van der Waals surface area contributed by atoms with Crippen LogP contribution in [0.5, 0.6) is 0 Å². The first-order valence-electron chi connectivity index (χ1n) is 8.75. The van der Waals surface area contributed by atoms with Gasteiger partial charge in [-0.15, -0.1) is 0 Å². The van der Waals surface area contributed by atoms with E-state index in [0.717, 1.165) is 30.1 Å². The Morgan fingerprint density at radius 3 is 1.46 bits per heavy atom. The molecule has 0 aliphatic rings. The molecular weight excluding hydrogens is 519 g/mol. The second kappa shape index (κ2) is 9.93. The lowest BCUT2D eigenvalue weighted by atomic mass is 9.95. The van der Waals surface area contributed by atoms with Crippen molar-refractivity contribution in [3.8, 4) is 0 Å². The Labute approximate surface area is 193 Å². The van der Waals surface area contributed by atoms with E-state index in [4.69, 9.17) is 23.2 Å². The van der Waals surface area contributed by atoms with Crippen LogP contribution in [0.3, 0.4) is 0 Å². The number of rotatable bonds is 5. The second-order valence-electron chi connectivity index (χ2n) is 6.48. The van der Waals surface area contributed by atoms with E-state index >= 15 is 0 Å². The standard InChI is InChI=1S/C24H18Br2Cl2/c1-16-2-4-17(5-3-16)20(14-23(25)18-6-10-21(27)11-7-18)15-24(26)19-8-12-22(28)13-9-19/h2-15,20H,1H3/b23-14-,24-15+. The van der Waals surface area contributed by atoms with Gasteiger partial charge in [-0.1, -0.05) is 121 Å². The van der Waals surface area contributed by atoms with E-state index in [1.54, 1.807) is 0 Å². The highest BCUT2D eigenvalue weighted by atomic mass is 79.9. The molecule has 1 atom stereocenters. The SMILES string of the molecule is Cc1ccc(C(/C=C(\Br)c2ccc(Cl)cc2)/C=C(/Br)c2ccc(Cl)cc2)cc1. The number of allylic oxidation sites excluding steroid dienone is 2. The van der Waals surface area contributed by atoms with Gasteiger partial charge in [0.15, 0.2) is 0 Å². The first kappa shape index (κ1) is 21.4. The van der Waals surface area contributed by atoms with Crippen molar-refractivity contribution in [1.82, 2.24) is 0 Å².